The number of rotatable bonds is 3. The van der Waals surface area contributed by atoms with Crippen molar-refractivity contribution in [1.29, 1.82) is 0 Å². The summed E-state index contributed by atoms with van der Waals surface area (Å²) < 4.78 is 0.972. The van der Waals surface area contributed by atoms with Crippen molar-refractivity contribution in [1.82, 2.24) is 4.98 Å². The Morgan fingerprint density at radius 3 is 2.30 bits per heavy atom. The van der Waals surface area contributed by atoms with Gasteiger partial charge in [-0.25, -0.2) is 4.98 Å². The van der Waals surface area contributed by atoms with Gasteiger partial charge >= 0.3 is 0 Å². The van der Waals surface area contributed by atoms with Gasteiger partial charge in [-0.3, -0.25) is 0 Å². The highest BCUT2D eigenvalue weighted by Gasteiger charge is 2.04. The highest BCUT2D eigenvalue weighted by molar-refractivity contribution is 9.10. The number of nitrogens with one attached hydrogen (secondary N) is 1. The van der Waals surface area contributed by atoms with Crippen molar-refractivity contribution >= 4 is 27.4 Å². The number of nitrogens with zero attached hydrogens (tertiary/aromatic N) is 1. The average Bonchev–Trinajstić information content (AvgIpc) is 2.51. The summed E-state index contributed by atoms with van der Waals surface area (Å²) in [4.78, 5) is 4.35. The summed E-state index contributed by atoms with van der Waals surface area (Å²) in [5.41, 5.74) is 3.40. The molecular weight excluding hydrogens is 312 g/mol. The van der Waals surface area contributed by atoms with Crippen LogP contribution in [0.5, 0.6) is 0 Å². The van der Waals surface area contributed by atoms with E-state index >= 15 is 0 Å². The van der Waals surface area contributed by atoms with Crippen LogP contribution in [0.3, 0.4) is 0 Å². The van der Waals surface area contributed by atoms with Gasteiger partial charge in [0.15, 0.2) is 0 Å². The molecule has 1 N–H and O–H groups in total. The van der Waals surface area contributed by atoms with Crippen molar-refractivity contribution in [3.63, 3.8) is 0 Å². The van der Waals surface area contributed by atoms with Crippen molar-refractivity contribution in [2.24, 2.45) is 0 Å². The standard InChI is InChI=1S/C17H13BrN2/c18-14-10-11-17(19-12-14)20-16-9-5-4-8-15(16)13-6-2-1-3-7-13/h1-12H,(H,19,20). The van der Waals surface area contributed by atoms with Crippen LogP contribution < -0.4 is 5.32 Å². The molecule has 2 nitrogen and oxygen atoms in total. The minimum absolute atomic E-state index is 0.830. The zero-order valence-corrected chi connectivity index (χ0v) is 12.3. The molecule has 20 heavy (non-hydrogen) atoms. The Balaban J connectivity index is 1.96. The molecule has 0 unspecified atom stereocenters. The summed E-state index contributed by atoms with van der Waals surface area (Å²) in [7, 11) is 0. The first-order valence-electron chi connectivity index (χ1n) is 6.36. The molecule has 0 aliphatic carbocycles. The number of anilines is 2. The zero-order chi connectivity index (χ0) is 13.8. The SMILES string of the molecule is Brc1ccc(Nc2ccccc2-c2ccccc2)nc1. The molecule has 1 aromatic heterocycles. The lowest BCUT2D eigenvalue weighted by atomic mass is 10.0. The lowest BCUT2D eigenvalue weighted by Gasteiger charge is -2.11. The van der Waals surface area contributed by atoms with Gasteiger partial charge in [0.05, 0.1) is 0 Å². The Bertz CT molecular complexity index is 694. The summed E-state index contributed by atoms with van der Waals surface area (Å²) in [6, 6.07) is 22.5. The first kappa shape index (κ1) is 12.9. The zero-order valence-electron chi connectivity index (χ0n) is 10.8. The van der Waals surface area contributed by atoms with Gasteiger partial charge in [0.2, 0.25) is 0 Å². The molecule has 3 aromatic rings. The molecule has 0 fully saturated rings. The maximum atomic E-state index is 4.35. The number of para-hydroxylation sites is 1. The van der Waals surface area contributed by atoms with E-state index in [1.54, 1.807) is 6.20 Å². The monoisotopic (exact) mass is 324 g/mol. The summed E-state index contributed by atoms with van der Waals surface area (Å²) in [6.45, 7) is 0. The Morgan fingerprint density at radius 1 is 0.800 bits per heavy atom. The quantitative estimate of drug-likeness (QED) is 0.711. The fraction of sp³-hybridized carbons (Fsp3) is 0. The van der Waals surface area contributed by atoms with Crippen molar-refractivity contribution < 1.29 is 0 Å². The predicted molar refractivity (Wildman–Crippen MR) is 87.1 cm³/mol. The fourth-order valence-corrected chi connectivity index (χ4v) is 2.28. The van der Waals surface area contributed by atoms with E-state index in [0.717, 1.165) is 21.5 Å². The van der Waals surface area contributed by atoms with Crippen LogP contribution in [0.15, 0.2) is 77.4 Å². The molecule has 0 radical (unpaired) electrons. The third-order valence-corrected chi connectivity index (χ3v) is 3.47. The van der Waals surface area contributed by atoms with Crippen molar-refractivity contribution in [3.8, 4) is 11.1 Å². The van der Waals surface area contributed by atoms with Gasteiger partial charge in [0, 0.05) is 21.9 Å². The van der Waals surface area contributed by atoms with Gasteiger partial charge < -0.3 is 5.32 Å². The van der Waals surface area contributed by atoms with E-state index in [1.807, 2.05) is 42.5 Å². The van der Waals surface area contributed by atoms with Crippen LogP contribution in [0, 0.1) is 0 Å². The normalized spacial score (nSPS) is 10.2. The van der Waals surface area contributed by atoms with E-state index in [-0.39, 0.29) is 0 Å². The molecule has 98 valence electrons. The molecule has 0 saturated carbocycles. The molecule has 0 bridgehead atoms. The van der Waals surface area contributed by atoms with E-state index in [4.69, 9.17) is 0 Å². The number of hydrogen-bond donors (Lipinski definition) is 1. The van der Waals surface area contributed by atoms with Crippen LogP contribution in [0.25, 0.3) is 11.1 Å². The van der Waals surface area contributed by atoms with Crippen LogP contribution in [-0.4, -0.2) is 4.98 Å². The minimum Gasteiger partial charge on any atom is -0.340 e. The first-order chi connectivity index (χ1) is 9.83. The van der Waals surface area contributed by atoms with Crippen LogP contribution in [0.1, 0.15) is 0 Å². The van der Waals surface area contributed by atoms with Gasteiger partial charge in [0.25, 0.3) is 0 Å². The van der Waals surface area contributed by atoms with Crippen LogP contribution in [0.4, 0.5) is 11.5 Å². The van der Waals surface area contributed by atoms with Crippen molar-refractivity contribution in [3.05, 3.63) is 77.4 Å². The van der Waals surface area contributed by atoms with Gasteiger partial charge in [-0.05, 0) is 39.7 Å². The molecule has 0 spiro atoms. The maximum Gasteiger partial charge on any atom is 0.130 e. The van der Waals surface area contributed by atoms with Gasteiger partial charge in [-0.15, -0.1) is 0 Å². The fourth-order valence-electron chi connectivity index (χ4n) is 2.05. The molecule has 0 aliphatic rings. The summed E-state index contributed by atoms with van der Waals surface area (Å²) in [6.07, 6.45) is 1.79. The number of pyridine rings is 1. The molecular formula is C17H13BrN2. The van der Waals surface area contributed by atoms with Gasteiger partial charge in [-0.1, -0.05) is 48.5 Å². The predicted octanol–water partition coefficient (Wildman–Crippen LogP) is 5.25. The summed E-state index contributed by atoms with van der Waals surface area (Å²) in [5.74, 6) is 0.830. The summed E-state index contributed by atoms with van der Waals surface area (Å²) >= 11 is 3.39. The molecule has 0 saturated heterocycles. The van der Waals surface area contributed by atoms with Crippen LogP contribution >= 0.6 is 15.9 Å². The Labute approximate surface area is 126 Å². The minimum atomic E-state index is 0.830. The smallest absolute Gasteiger partial charge is 0.130 e. The first-order valence-corrected chi connectivity index (χ1v) is 7.15. The van der Waals surface area contributed by atoms with Crippen LogP contribution in [0.2, 0.25) is 0 Å². The van der Waals surface area contributed by atoms with E-state index < -0.39 is 0 Å². The van der Waals surface area contributed by atoms with E-state index in [9.17, 15) is 0 Å². The number of aromatic nitrogens is 1. The van der Waals surface area contributed by atoms with E-state index in [2.05, 4.69) is 50.5 Å². The lowest BCUT2D eigenvalue weighted by Crippen LogP contribution is -1.95. The molecule has 0 atom stereocenters. The third-order valence-electron chi connectivity index (χ3n) is 3.00. The topological polar surface area (TPSA) is 24.9 Å². The molecule has 0 amide bonds. The van der Waals surface area contributed by atoms with E-state index in [0.29, 0.717) is 0 Å². The third kappa shape index (κ3) is 2.89. The number of benzene rings is 2. The lowest BCUT2D eigenvalue weighted by molar-refractivity contribution is 1.29. The Morgan fingerprint density at radius 2 is 1.55 bits per heavy atom. The second kappa shape index (κ2) is 5.88. The molecule has 3 rings (SSSR count). The van der Waals surface area contributed by atoms with Gasteiger partial charge in [0.1, 0.15) is 5.82 Å². The largest absolute Gasteiger partial charge is 0.340 e. The molecule has 1 heterocycles. The summed E-state index contributed by atoms with van der Waals surface area (Å²) in [5, 5.41) is 3.37. The van der Waals surface area contributed by atoms with E-state index in [1.165, 1.54) is 5.56 Å². The van der Waals surface area contributed by atoms with Crippen LogP contribution in [-0.2, 0) is 0 Å². The highest BCUT2D eigenvalue weighted by Crippen LogP contribution is 2.29. The Hall–Kier alpha value is -2.13. The molecule has 0 aliphatic heterocycles. The highest BCUT2D eigenvalue weighted by atomic mass is 79.9. The Kier molecular flexibility index (Phi) is 3.79. The maximum absolute atomic E-state index is 4.35. The number of halogens is 1. The van der Waals surface area contributed by atoms with Gasteiger partial charge in [-0.2, -0.15) is 0 Å². The second-order valence-electron chi connectivity index (χ2n) is 4.40. The average molecular weight is 325 g/mol. The molecule has 2 aromatic carbocycles. The number of hydrogen-bond acceptors (Lipinski definition) is 2. The van der Waals surface area contributed by atoms with Crippen molar-refractivity contribution in [2.75, 3.05) is 5.32 Å². The van der Waals surface area contributed by atoms with Crippen molar-refractivity contribution in [2.45, 2.75) is 0 Å². The second-order valence-corrected chi connectivity index (χ2v) is 5.31. The molecule has 3 heteroatoms.